The number of nitrogens with one attached hydrogen (secondary N) is 3. The molecule has 5 rings (SSSR count). The first kappa shape index (κ1) is 17.2. The van der Waals surface area contributed by atoms with E-state index in [0.29, 0.717) is 17.4 Å². The Morgan fingerprint density at radius 3 is 2.71 bits per heavy atom. The lowest BCUT2D eigenvalue weighted by Crippen LogP contribution is -2.36. The molecule has 1 fully saturated rings. The lowest BCUT2D eigenvalue weighted by Gasteiger charge is -2.28. The van der Waals surface area contributed by atoms with Crippen molar-refractivity contribution in [3.8, 4) is 11.4 Å². The fourth-order valence-electron chi connectivity index (χ4n) is 4.18. The highest BCUT2D eigenvalue weighted by atomic mass is 16.2. The normalized spacial score (nSPS) is 22.9. The number of amides is 1. The maximum atomic E-state index is 12.5. The van der Waals surface area contributed by atoms with Gasteiger partial charge in [0, 0.05) is 34.1 Å². The third-order valence-electron chi connectivity index (χ3n) is 6.19. The largest absolute Gasteiger partial charge is 0.353 e. The summed E-state index contributed by atoms with van der Waals surface area (Å²) in [7, 11) is 0. The Hall–Kier alpha value is -2.89. The lowest BCUT2D eigenvalue weighted by molar-refractivity contribution is -0.111. The maximum absolute atomic E-state index is 12.5. The standard InChI is InChI=1S/C22H24N4O2/c1-21(2)7-6-14-17(10-21)25-26-19(14)16-9-13-8-12(4-5-15(13)23-16)20(28)24-22(3)11-18(22)27/h4-5,8-9,23H,6-7,10-11H2,1-3H3,(H,24,28)(H,25,26). The summed E-state index contributed by atoms with van der Waals surface area (Å²) >= 11 is 0. The number of H-pyrrole nitrogens is 2. The molecule has 6 heteroatoms. The Labute approximate surface area is 163 Å². The second-order valence-electron chi connectivity index (χ2n) is 9.24. The summed E-state index contributed by atoms with van der Waals surface area (Å²) in [6.07, 6.45) is 3.59. The number of fused-ring (bicyclic) bond motifs is 2. The minimum absolute atomic E-state index is 0.0809. The molecular weight excluding hydrogens is 352 g/mol. The summed E-state index contributed by atoms with van der Waals surface area (Å²) in [5, 5.41) is 11.6. The quantitative estimate of drug-likeness (QED) is 0.653. The average molecular weight is 376 g/mol. The van der Waals surface area contributed by atoms with Gasteiger partial charge in [-0.2, -0.15) is 5.10 Å². The minimum Gasteiger partial charge on any atom is -0.353 e. The fourth-order valence-corrected chi connectivity index (χ4v) is 4.18. The predicted octanol–water partition coefficient (Wildman–Crippen LogP) is 3.53. The van der Waals surface area contributed by atoms with E-state index in [0.717, 1.165) is 41.6 Å². The van der Waals surface area contributed by atoms with E-state index in [1.54, 1.807) is 13.0 Å². The van der Waals surface area contributed by atoms with E-state index in [9.17, 15) is 9.59 Å². The van der Waals surface area contributed by atoms with Gasteiger partial charge in [-0.15, -0.1) is 0 Å². The van der Waals surface area contributed by atoms with Crippen molar-refractivity contribution in [3.05, 3.63) is 41.1 Å². The Kier molecular flexibility index (Phi) is 3.42. The van der Waals surface area contributed by atoms with Crippen molar-refractivity contribution >= 4 is 22.6 Å². The van der Waals surface area contributed by atoms with E-state index in [4.69, 9.17) is 0 Å². The summed E-state index contributed by atoms with van der Waals surface area (Å²) in [4.78, 5) is 27.4. The summed E-state index contributed by atoms with van der Waals surface area (Å²) < 4.78 is 0. The number of Topliss-reactive ketones (excluding diaryl/α,β-unsaturated/α-hetero) is 1. The lowest BCUT2D eigenvalue weighted by atomic mass is 9.76. The molecule has 1 unspecified atom stereocenters. The van der Waals surface area contributed by atoms with Crippen LogP contribution in [0.1, 0.15) is 55.2 Å². The summed E-state index contributed by atoms with van der Waals surface area (Å²) in [5.74, 6) is -0.130. The zero-order chi connectivity index (χ0) is 19.7. The van der Waals surface area contributed by atoms with Crippen LogP contribution in [-0.2, 0) is 17.6 Å². The van der Waals surface area contributed by atoms with Crippen molar-refractivity contribution in [1.82, 2.24) is 20.5 Å². The number of carbonyl (C=O) groups is 2. The van der Waals surface area contributed by atoms with Gasteiger partial charge < -0.3 is 10.3 Å². The van der Waals surface area contributed by atoms with Gasteiger partial charge in [0.1, 0.15) is 11.2 Å². The van der Waals surface area contributed by atoms with Crippen molar-refractivity contribution in [2.75, 3.05) is 0 Å². The van der Waals surface area contributed by atoms with E-state index in [1.807, 2.05) is 18.2 Å². The highest BCUT2D eigenvalue weighted by Crippen LogP contribution is 2.38. The van der Waals surface area contributed by atoms with Crippen LogP contribution in [0.3, 0.4) is 0 Å². The van der Waals surface area contributed by atoms with Gasteiger partial charge in [0.2, 0.25) is 0 Å². The molecule has 0 bridgehead atoms. The number of hydrogen-bond donors (Lipinski definition) is 3. The zero-order valence-electron chi connectivity index (χ0n) is 16.4. The SMILES string of the molecule is CC1(C)CCc2c(-c3cc4cc(C(=O)NC5(C)CC5=O)ccc4[nH]3)n[nH]c2C1. The molecule has 0 radical (unpaired) electrons. The molecule has 2 heterocycles. The molecule has 6 nitrogen and oxygen atoms in total. The molecule has 3 aromatic rings. The van der Waals surface area contributed by atoms with Crippen molar-refractivity contribution in [1.29, 1.82) is 0 Å². The molecule has 1 saturated carbocycles. The average Bonchev–Trinajstić information content (AvgIpc) is 3.01. The van der Waals surface area contributed by atoms with Crippen LogP contribution in [0, 0.1) is 5.41 Å². The van der Waals surface area contributed by atoms with Gasteiger partial charge >= 0.3 is 0 Å². The second-order valence-corrected chi connectivity index (χ2v) is 9.24. The first-order valence-corrected chi connectivity index (χ1v) is 9.79. The van der Waals surface area contributed by atoms with Crippen LogP contribution in [0.4, 0.5) is 0 Å². The molecular formula is C22H24N4O2. The predicted molar refractivity (Wildman–Crippen MR) is 107 cm³/mol. The first-order chi connectivity index (χ1) is 13.2. The highest BCUT2D eigenvalue weighted by molar-refractivity contribution is 6.10. The molecule has 2 aliphatic rings. The molecule has 1 atom stereocenters. The second kappa shape index (κ2) is 5.56. The van der Waals surface area contributed by atoms with E-state index in [-0.39, 0.29) is 11.7 Å². The number of aromatic nitrogens is 3. The third-order valence-corrected chi connectivity index (χ3v) is 6.19. The molecule has 2 aliphatic carbocycles. The highest BCUT2D eigenvalue weighted by Gasteiger charge is 2.50. The number of benzene rings is 1. The van der Waals surface area contributed by atoms with Gasteiger partial charge in [0.25, 0.3) is 5.91 Å². The van der Waals surface area contributed by atoms with Gasteiger partial charge in [-0.1, -0.05) is 13.8 Å². The Bertz CT molecular complexity index is 1140. The Balaban J connectivity index is 1.46. The molecule has 0 aliphatic heterocycles. The molecule has 0 saturated heterocycles. The van der Waals surface area contributed by atoms with Crippen molar-refractivity contribution < 1.29 is 9.59 Å². The topological polar surface area (TPSA) is 90.6 Å². The van der Waals surface area contributed by atoms with Crippen LogP contribution in [0.15, 0.2) is 24.3 Å². The van der Waals surface area contributed by atoms with Crippen molar-refractivity contribution in [2.24, 2.45) is 5.41 Å². The maximum Gasteiger partial charge on any atom is 0.252 e. The number of carbonyl (C=O) groups excluding carboxylic acids is 2. The van der Waals surface area contributed by atoms with E-state index < -0.39 is 5.54 Å². The van der Waals surface area contributed by atoms with E-state index in [1.165, 1.54) is 11.3 Å². The van der Waals surface area contributed by atoms with Gasteiger partial charge in [-0.25, -0.2) is 0 Å². The van der Waals surface area contributed by atoms with Gasteiger partial charge in [-0.3, -0.25) is 14.7 Å². The molecule has 1 aromatic carbocycles. The van der Waals surface area contributed by atoms with Gasteiger partial charge in [0.05, 0.1) is 5.69 Å². The van der Waals surface area contributed by atoms with Crippen molar-refractivity contribution in [2.45, 2.75) is 52.0 Å². The molecule has 2 aromatic heterocycles. The van der Waals surface area contributed by atoms with Crippen molar-refractivity contribution in [3.63, 3.8) is 0 Å². The number of nitrogens with zero attached hydrogens (tertiary/aromatic N) is 1. The van der Waals surface area contributed by atoms with Crippen LogP contribution in [0.5, 0.6) is 0 Å². The van der Waals surface area contributed by atoms with Crippen LogP contribution >= 0.6 is 0 Å². The van der Waals surface area contributed by atoms with Crippen LogP contribution in [0.2, 0.25) is 0 Å². The minimum atomic E-state index is -0.683. The summed E-state index contributed by atoms with van der Waals surface area (Å²) in [6.45, 7) is 6.35. The van der Waals surface area contributed by atoms with E-state index in [2.05, 4.69) is 34.3 Å². The third kappa shape index (κ3) is 2.75. The van der Waals surface area contributed by atoms with Crippen LogP contribution < -0.4 is 5.32 Å². The number of rotatable bonds is 3. The number of aromatic amines is 2. The zero-order valence-corrected chi connectivity index (χ0v) is 16.4. The fraction of sp³-hybridized carbons (Fsp3) is 0.409. The summed E-state index contributed by atoms with van der Waals surface area (Å²) in [6, 6.07) is 7.61. The van der Waals surface area contributed by atoms with Gasteiger partial charge in [-0.05, 0) is 55.9 Å². The smallest absolute Gasteiger partial charge is 0.252 e. The molecule has 28 heavy (non-hydrogen) atoms. The first-order valence-electron chi connectivity index (χ1n) is 9.79. The molecule has 0 spiro atoms. The Morgan fingerprint density at radius 1 is 1.18 bits per heavy atom. The molecule has 144 valence electrons. The van der Waals surface area contributed by atoms with Crippen LogP contribution in [-0.4, -0.2) is 32.4 Å². The number of ketones is 1. The van der Waals surface area contributed by atoms with E-state index >= 15 is 0 Å². The monoisotopic (exact) mass is 376 g/mol. The Morgan fingerprint density at radius 2 is 1.96 bits per heavy atom. The number of hydrogen-bond acceptors (Lipinski definition) is 3. The summed E-state index contributed by atoms with van der Waals surface area (Å²) in [5.41, 5.74) is 5.61. The van der Waals surface area contributed by atoms with Gasteiger partial charge in [0.15, 0.2) is 5.78 Å². The molecule has 3 N–H and O–H groups in total. The van der Waals surface area contributed by atoms with Crippen LogP contribution in [0.25, 0.3) is 22.3 Å². The molecule has 1 amide bonds.